The van der Waals surface area contributed by atoms with Gasteiger partial charge >= 0.3 is 0 Å². The second-order valence-corrected chi connectivity index (χ2v) is 20.9. The number of carbonyl (C=O) groups excluding carboxylic acids is 3. The van der Waals surface area contributed by atoms with Crippen LogP contribution >= 0.6 is 11.3 Å². The van der Waals surface area contributed by atoms with E-state index in [4.69, 9.17) is 4.74 Å². The zero-order valence-electron chi connectivity index (χ0n) is 43.3. The number of amides is 3. The minimum absolute atomic E-state index is 0.0272. The minimum atomic E-state index is -0.850. The molecule has 17 heteroatoms. The Bertz CT molecular complexity index is 3080. The number of fused-ring (bicyclic) bond motifs is 2. The van der Waals surface area contributed by atoms with Gasteiger partial charge in [0.15, 0.2) is 0 Å². The van der Waals surface area contributed by atoms with E-state index in [-0.39, 0.29) is 48.2 Å². The van der Waals surface area contributed by atoms with E-state index in [0.717, 1.165) is 106 Å². The van der Waals surface area contributed by atoms with Crippen LogP contribution in [0.4, 0.5) is 17.1 Å². The van der Waals surface area contributed by atoms with Gasteiger partial charge in [0.2, 0.25) is 17.7 Å². The Morgan fingerprint density at radius 3 is 2.36 bits per heavy atom. The number of unbranched alkanes of at least 4 members (excludes halogenated alkanes) is 5. The second-order valence-electron chi connectivity index (χ2n) is 20.0. The van der Waals surface area contributed by atoms with E-state index >= 15 is 0 Å². The predicted molar refractivity (Wildman–Crippen MR) is 287 cm³/mol. The molecule has 3 N–H and O–H groups in total. The lowest BCUT2D eigenvalue weighted by molar-refractivity contribution is -0.142. The Balaban J connectivity index is 0.796. The average Bonchev–Trinajstić information content (AvgIpc) is 4.15. The molecule has 0 bridgehead atoms. The number of methoxy groups -OCH3 is 1. The van der Waals surface area contributed by atoms with E-state index in [1.54, 1.807) is 30.1 Å². The summed E-state index contributed by atoms with van der Waals surface area (Å²) in [5.41, 5.74) is 11.2. The van der Waals surface area contributed by atoms with Crippen molar-refractivity contribution in [3.63, 3.8) is 0 Å². The maximum atomic E-state index is 14.0. The summed E-state index contributed by atoms with van der Waals surface area (Å²) in [6.45, 7) is 11.6. The number of nitrogens with one attached hydrogen (secondary N) is 2. The van der Waals surface area contributed by atoms with Crippen LogP contribution in [-0.4, -0.2) is 99.0 Å². The largest absolute Gasteiger partial charge is 0.497 e. The maximum Gasteiger partial charge on any atom is 0.253 e. The molecule has 3 amide bonds. The highest BCUT2D eigenvalue weighted by molar-refractivity contribution is 7.13. The first-order valence-corrected chi connectivity index (χ1v) is 26.3. The molecule has 73 heavy (non-hydrogen) atoms. The third-order valence-corrected chi connectivity index (χ3v) is 15.5. The van der Waals surface area contributed by atoms with Crippen LogP contribution in [0.1, 0.15) is 101 Å². The third-order valence-electron chi connectivity index (χ3n) is 14.5. The quantitative estimate of drug-likeness (QED) is 0.0662. The Labute approximate surface area is 431 Å². The average molecular weight is 1010 g/mol. The molecule has 4 atom stereocenters. The Kier molecular flexibility index (Phi) is 16.3. The smallest absolute Gasteiger partial charge is 0.253 e. The van der Waals surface area contributed by atoms with Crippen molar-refractivity contribution in [3.8, 4) is 33.4 Å². The van der Waals surface area contributed by atoms with E-state index < -0.39 is 18.2 Å². The lowest BCUT2D eigenvalue weighted by Crippen LogP contribution is -2.55. The summed E-state index contributed by atoms with van der Waals surface area (Å²) in [5.74, 6) is -0.481. The SMILES string of the molecule is COc1cc(N2CCN(C)c3cc(-c4cnn(CCCCCCCCC(=O)N[C@H](C(=O)N5C[C@H](O)C[C@H]5C(=O)N[C@@H](C)c5ccc(-c6scnc6C)cc5)C(C)C)c4)c(C#N)cc32)c2cc(C)c(=O)n(C)c2c1. The van der Waals surface area contributed by atoms with Crippen LogP contribution in [0.25, 0.3) is 32.5 Å². The molecule has 5 heterocycles. The molecule has 2 aliphatic heterocycles. The number of likely N-dealkylation sites (N-methyl/N-ethyl adjacent to an activating group) is 1. The summed E-state index contributed by atoms with van der Waals surface area (Å²) in [4.78, 5) is 65.0. The minimum Gasteiger partial charge on any atom is -0.497 e. The van der Waals surface area contributed by atoms with Crippen LogP contribution in [0.3, 0.4) is 0 Å². The molecule has 0 saturated carbocycles. The van der Waals surface area contributed by atoms with Gasteiger partial charge in [0.1, 0.15) is 17.8 Å². The first kappa shape index (κ1) is 52.3. The number of carbonyl (C=O) groups is 3. The summed E-state index contributed by atoms with van der Waals surface area (Å²) >= 11 is 1.58. The molecular weight excluding hydrogens is 941 g/mol. The molecule has 8 rings (SSSR count). The van der Waals surface area contributed by atoms with Crippen LogP contribution < -0.4 is 30.7 Å². The fourth-order valence-electron chi connectivity index (χ4n) is 10.2. The van der Waals surface area contributed by atoms with Gasteiger partial charge in [-0.2, -0.15) is 10.4 Å². The van der Waals surface area contributed by atoms with E-state index in [2.05, 4.69) is 49.7 Å². The van der Waals surface area contributed by atoms with Crippen molar-refractivity contribution in [1.82, 2.24) is 34.9 Å². The number of aryl methyl sites for hydroxylation is 4. The summed E-state index contributed by atoms with van der Waals surface area (Å²) in [5, 5.41) is 32.7. The number of aliphatic hydroxyl groups is 1. The standard InChI is InChI=1S/C56H68N10O6S/c1-34(2)52(56(71)66-32-42(67)25-50(66)54(69)60-36(4)38-16-18-39(19-17-38)53-37(5)58-33-73-53)61-51(68)15-13-11-9-10-12-14-20-64-31-41(30-59-64)44-28-48-49(24-40(44)29-57)65(22-21-62(48)6)47-27-43(72-8)26-46-45(47)23-35(3)55(70)63(46)7/h16-19,23-24,26-28,30-31,33-34,36,42,50,52,67H,9-15,20-22,25,32H2,1-8H3,(H,60,69)(H,61,68)/t36-,42+,50-,52-/m0/s1. The van der Waals surface area contributed by atoms with Crippen LogP contribution in [0, 0.1) is 31.1 Å². The van der Waals surface area contributed by atoms with Crippen LogP contribution in [-0.2, 0) is 28.0 Å². The number of pyridine rings is 1. The fraction of sp³-hybridized carbons (Fsp3) is 0.446. The molecule has 6 aromatic rings. The van der Waals surface area contributed by atoms with Crippen LogP contribution in [0.5, 0.6) is 5.75 Å². The normalized spacial score (nSPS) is 16.4. The van der Waals surface area contributed by atoms with Gasteiger partial charge in [-0.3, -0.25) is 23.9 Å². The van der Waals surface area contributed by atoms with Gasteiger partial charge in [-0.05, 0) is 68.9 Å². The molecule has 2 aliphatic rings. The van der Waals surface area contributed by atoms with E-state index in [9.17, 15) is 29.5 Å². The number of likely N-dealkylation sites (tertiary alicyclic amines) is 1. The molecule has 1 fully saturated rings. The van der Waals surface area contributed by atoms with Crippen molar-refractivity contribution in [2.45, 2.75) is 117 Å². The van der Waals surface area contributed by atoms with E-state index in [0.29, 0.717) is 36.3 Å². The lowest BCUT2D eigenvalue weighted by atomic mass is 9.98. The Morgan fingerprint density at radius 1 is 0.918 bits per heavy atom. The molecule has 0 aliphatic carbocycles. The van der Waals surface area contributed by atoms with Crippen LogP contribution in [0.15, 0.2) is 77.3 Å². The molecule has 3 aromatic heterocycles. The van der Waals surface area contributed by atoms with Gasteiger partial charge in [0.05, 0.1) is 75.7 Å². The van der Waals surface area contributed by atoms with Gasteiger partial charge in [-0.25, -0.2) is 4.98 Å². The van der Waals surface area contributed by atoms with Crippen molar-refractivity contribution in [1.29, 1.82) is 5.26 Å². The number of β-amino-alcohol motifs (C(OH)–C–C–N with tert-alkyl or cyclic N) is 1. The highest BCUT2D eigenvalue weighted by atomic mass is 32.1. The number of nitrogens with zero attached hydrogens (tertiary/aromatic N) is 8. The molecule has 0 spiro atoms. The number of nitriles is 1. The number of aliphatic hydroxyl groups excluding tert-OH is 1. The predicted octanol–water partition coefficient (Wildman–Crippen LogP) is 8.32. The first-order valence-electron chi connectivity index (χ1n) is 25.4. The zero-order chi connectivity index (χ0) is 52.1. The monoisotopic (exact) mass is 1010 g/mol. The van der Waals surface area contributed by atoms with Crippen molar-refractivity contribution in [2.75, 3.05) is 43.6 Å². The molecular formula is C56H68N10O6S. The highest BCUT2D eigenvalue weighted by Gasteiger charge is 2.42. The molecule has 0 radical (unpaired) electrons. The Morgan fingerprint density at radius 2 is 1.66 bits per heavy atom. The van der Waals surface area contributed by atoms with Gasteiger partial charge in [0, 0.05) is 93.5 Å². The topological polar surface area (TPSA) is 191 Å². The summed E-state index contributed by atoms with van der Waals surface area (Å²) in [7, 11) is 5.46. The van der Waals surface area contributed by atoms with Crippen molar-refractivity contribution in [3.05, 3.63) is 105 Å². The molecule has 16 nitrogen and oxygen atoms in total. The number of ether oxygens (including phenoxy) is 1. The zero-order valence-corrected chi connectivity index (χ0v) is 44.1. The number of benzene rings is 3. The number of hydrogen-bond donors (Lipinski definition) is 3. The molecule has 3 aromatic carbocycles. The number of aromatic nitrogens is 4. The van der Waals surface area contributed by atoms with Crippen molar-refractivity contribution >= 4 is 57.0 Å². The van der Waals surface area contributed by atoms with Gasteiger partial charge in [-0.15, -0.1) is 11.3 Å². The highest BCUT2D eigenvalue weighted by Crippen LogP contribution is 2.44. The first-order chi connectivity index (χ1) is 35.1. The van der Waals surface area contributed by atoms with E-state index in [1.165, 1.54) is 4.90 Å². The van der Waals surface area contributed by atoms with Crippen LogP contribution in [0.2, 0.25) is 0 Å². The lowest BCUT2D eigenvalue weighted by Gasteiger charge is -2.38. The Hall–Kier alpha value is -7.03. The third kappa shape index (κ3) is 11.5. The summed E-state index contributed by atoms with van der Waals surface area (Å²) in [6, 6.07) is 18.3. The molecule has 0 unspecified atom stereocenters. The summed E-state index contributed by atoms with van der Waals surface area (Å²) < 4.78 is 9.28. The van der Waals surface area contributed by atoms with E-state index in [1.807, 2.05) is 106 Å². The van der Waals surface area contributed by atoms with Gasteiger partial charge < -0.3 is 39.7 Å². The second kappa shape index (κ2) is 22.8. The number of hydrogen-bond acceptors (Lipinski definition) is 12. The van der Waals surface area contributed by atoms with Crippen molar-refractivity contribution in [2.24, 2.45) is 13.0 Å². The maximum absolute atomic E-state index is 14.0. The number of thiazole rings is 1. The van der Waals surface area contributed by atoms with Gasteiger partial charge in [-0.1, -0.05) is 63.8 Å². The summed E-state index contributed by atoms with van der Waals surface area (Å²) in [6.07, 6.45) is 8.86. The van der Waals surface area contributed by atoms with Gasteiger partial charge in [0.25, 0.3) is 5.56 Å². The number of rotatable bonds is 19. The molecule has 1 saturated heterocycles. The molecule has 384 valence electrons. The fourth-order valence-corrected chi connectivity index (χ4v) is 11.0. The number of anilines is 3. The van der Waals surface area contributed by atoms with Crippen molar-refractivity contribution < 1.29 is 24.2 Å².